The number of hydrogen-bond acceptors (Lipinski definition) is 3. The summed E-state index contributed by atoms with van der Waals surface area (Å²) in [6.07, 6.45) is 9.12. The first kappa shape index (κ1) is 11.7. The number of carbonyl (C=O) groups is 1. The van der Waals surface area contributed by atoms with Crippen molar-refractivity contribution in [3.63, 3.8) is 0 Å². The number of amides is 1. The molecule has 3 rings (SSSR count). The molecule has 1 amide bonds. The van der Waals surface area contributed by atoms with Gasteiger partial charge in [0.1, 0.15) is 5.69 Å². The van der Waals surface area contributed by atoms with Gasteiger partial charge in [0.05, 0.1) is 6.20 Å². The average molecular weight is 248 g/mol. The number of likely N-dealkylation sites (tertiary alicyclic amines) is 1. The second kappa shape index (κ2) is 4.71. The Morgan fingerprint density at radius 1 is 1.28 bits per heavy atom. The minimum absolute atomic E-state index is 0.108. The van der Waals surface area contributed by atoms with Crippen molar-refractivity contribution in [1.82, 2.24) is 19.9 Å². The molecule has 2 heterocycles. The number of nitrogens with zero attached hydrogens (tertiary/aromatic N) is 4. The number of hydrogen-bond donors (Lipinski definition) is 0. The summed E-state index contributed by atoms with van der Waals surface area (Å²) >= 11 is 0. The molecule has 0 bridgehead atoms. The number of aryl methyl sites for hydroxylation is 1. The van der Waals surface area contributed by atoms with Gasteiger partial charge in [-0.25, -0.2) is 4.68 Å². The van der Waals surface area contributed by atoms with E-state index in [0.717, 1.165) is 18.9 Å². The van der Waals surface area contributed by atoms with Gasteiger partial charge in [-0.3, -0.25) is 4.79 Å². The van der Waals surface area contributed by atoms with E-state index < -0.39 is 0 Å². The van der Waals surface area contributed by atoms with Crippen molar-refractivity contribution < 1.29 is 4.79 Å². The summed E-state index contributed by atoms with van der Waals surface area (Å²) in [5.74, 6) is 0.828. The third kappa shape index (κ3) is 1.91. The lowest BCUT2D eigenvalue weighted by Gasteiger charge is -2.29. The molecule has 5 heteroatoms. The Balaban J connectivity index is 1.78. The Hall–Kier alpha value is -1.39. The molecule has 1 aliphatic heterocycles. The summed E-state index contributed by atoms with van der Waals surface area (Å²) in [5, 5.41) is 7.65. The molecule has 1 atom stereocenters. The van der Waals surface area contributed by atoms with E-state index in [0.29, 0.717) is 11.7 Å². The SMILES string of the molecule is Cn1nncc1C(=O)N1CCC[C@@H]1C1CCCC1. The van der Waals surface area contributed by atoms with Crippen LogP contribution in [0.15, 0.2) is 6.20 Å². The lowest BCUT2D eigenvalue weighted by Crippen LogP contribution is -2.40. The summed E-state index contributed by atoms with van der Waals surface area (Å²) in [5.41, 5.74) is 0.611. The van der Waals surface area contributed by atoms with Gasteiger partial charge in [-0.2, -0.15) is 0 Å². The highest BCUT2D eigenvalue weighted by Gasteiger charge is 2.36. The maximum Gasteiger partial charge on any atom is 0.274 e. The van der Waals surface area contributed by atoms with Crippen LogP contribution in [0.2, 0.25) is 0 Å². The summed E-state index contributed by atoms with van der Waals surface area (Å²) in [6.45, 7) is 0.894. The predicted octanol–water partition coefficient (Wildman–Crippen LogP) is 1.61. The van der Waals surface area contributed by atoms with Crippen LogP contribution in [0.1, 0.15) is 49.0 Å². The maximum atomic E-state index is 12.5. The van der Waals surface area contributed by atoms with Gasteiger partial charge in [0.25, 0.3) is 5.91 Å². The topological polar surface area (TPSA) is 51.0 Å². The van der Waals surface area contributed by atoms with E-state index in [-0.39, 0.29) is 5.91 Å². The molecule has 1 saturated heterocycles. The summed E-state index contributed by atoms with van der Waals surface area (Å²) in [4.78, 5) is 14.6. The third-order valence-electron chi connectivity index (χ3n) is 4.44. The molecule has 98 valence electrons. The standard InChI is InChI=1S/C13H20N4O/c1-16-12(9-14-15-16)13(18)17-8-4-7-11(17)10-5-2-3-6-10/h9-11H,2-8H2,1H3/t11-/m1/s1. The van der Waals surface area contributed by atoms with Crippen molar-refractivity contribution in [2.24, 2.45) is 13.0 Å². The average Bonchev–Trinajstić information content (AvgIpc) is 3.09. The van der Waals surface area contributed by atoms with Crippen LogP contribution >= 0.6 is 0 Å². The van der Waals surface area contributed by atoms with Gasteiger partial charge in [0, 0.05) is 19.6 Å². The predicted molar refractivity (Wildman–Crippen MR) is 67.0 cm³/mol. The highest BCUT2D eigenvalue weighted by molar-refractivity contribution is 5.92. The molecule has 0 spiro atoms. The molecule has 1 aliphatic carbocycles. The minimum Gasteiger partial charge on any atom is -0.334 e. The highest BCUT2D eigenvalue weighted by Crippen LogP contribution is 2.35. The molecule has 5 nitrogen and oxygen atoms in total. The maximum absolute atomic E-state index is 12.5. The van der Waals surface area contributed by atoms with Crippen molar-refractivity contribution in [3.8, 4) is 0 Å². The van der Waals surface area contributed by atoms with Gasteiger partial charge in [-0.05, 0) is 31.6 Å². The van der Waals surface area contributed by atoms with Crippen LogP contribution in [-0.4, -0.2) is 38.4 Å². The fourth-order valence-electron chi connectivity index (χ4n) is 3.51. The van der Waals surface area contributed by atoms with E-state index in [9.17, 15) is 4.79 Å². The largest absolute Gasteiger partial charge is 0.334 e. The van der Waals surface area contributed by atoms with Crippen molar-refractivity contribution in [2.75, 3.05) is 6.54 Å². The molecule has 1 aromatic heterocycles. The smallest absolute Gasteiger partial charge is 0.274 e. The molecule has 1 saturated carbocycles. The lowest BCUT2D eigenvalue weighted by atomic mass is 9.96. The fraction of sp³-hybridized carbons (Fsp3) is 0.769. The third-order valence-corrected chi connectivity index (χ3v) is 4.44. The van der Waals surface area contributed by atoms with E-state index in [1.54, 1.807) is 17.9 Å². The van der Waals surface area contributed by atoms with Crippen molar-refractivity contribution in [1.29, 1.82) is 0 Å². The van der Waals surface area contributed by atoms with Gasteiger partial charge >= 0.3 is 0 Å². The van der Waals surface area contributed by atoms with E-state index in [2.05, 4.69) is 15.2 Å². The van der Waals surface area contributed by atoms with Crippen molar-refractivity contribution >= 4 is 5.91 Å². The molecular weight excluding hydrogens is 228 g/mol. The van der Waals surface area contributed by atoms with Crippen LogP contribution in [0.5, 0.6) is 0 Å². The molecule has 18 heavy (non-hydrogen) atoms. The Bertz CT molecular complexity index is 436. The molecule has 0 aromatic carbocycles. The molecule has 0 unspecified atom stereocenters. The highest BCUT2D eigenvalue weighted by atomic mass is 16.2. The first-order valence-electron chi connectivity index (χ1n) is 6.93. The Kier molecular flexibility index (Phi) is 3.06. The Morgan fingerprint density at radius 2 is 2.06 bits per heavy atom. The minimum atomic E-state index is 0.108. The van der Waals surface area contributed by atoms with Crippen LogP contribution in [0.25, 0.3) is 0 Å². The second-order valence-electron chi connectivity index (χ2n) is 5.50. The zero-order valence-electron chi connectivity index (χ0n) is 10.9. The number of carbonyl (C=O) groups excluding carboxylic acids is 1. The zero-order chi connectivity index (χ0) is 12.5. The molecule has 1 aromatic rings. The molecule has 0 N–H and O–H groups in total. The molecular formula is C13H20N4O. The lowest BCUT2D eigenvalue weighted by molar-refractivity contribution is 0.0678. The molecule has 0 radical (unpaired) electrons. The van der Waals surface area contributed by atoms with E-state index in [1.165, 1.54) is 32.1 Å². The number of rotatable bonds is 2. The van der Waals surface area contributed by atoms with E-state index in [4.69, 9.17) is 0 Å². The monoisotopic (exact) mass is 248 g/mol. The van der Waals surface area contributed by atoms with Crippen molar-refractivity contribution in [2.45, 2.75) is 44.6 Å². The first-order valence-corrected chi connectivity index (χ1v) is 6.93. The Morgan fingerprint density at radius 3 is 2.72 bits per heavy atom. The van der Waals surface area contributed by atoms with Gasteiger partial charge in [0.2, 0.25) is 0 Å². The van der Waals surface area contributed by atoms with Crippen LogP contribution in [0.4, 0.5) is 0 Å². The number of aromatic nitrogens is 3. The van der Waals surface area contributed by atoms with Gasteiger partial charge in [-0.15, -0.1) is 5.10 Å². The van der Waals surface area contributed by atoms with Crippen LogP contribution in [0.3, 0.4) is 0 Å². The summed E-state index contributed by atoms with van der Waals surface area (Å²) < 4.78 is 1.58. The molecule has 2 aliphatic rings. The fourth-order valence-corrected chi connectivity index (χ4v) is 3.51. The van der Waals surface area contributed by atoms with Crippen LogP contribution in [-0.2, 0) is 7.05 Å². The second-order valence-corrected chi connectivity index (χ2v) is 5.50. The zero-order valence-corrected chi connectivity index (χ0v) is 10.9. The van der Waals surface area contributed by atoms with E-state index in [1.807, 2.05) is 0 Å². The van der Waals surface area contributed by atoms with E-state index >= 15 is 0 Å². The van der Waals surface area contributed by atoms with Gasteiger partial charge in [-0.1, -0.05) is 18.1 Å². The quantitative estimate of drug-likeness (QED) is 0.799. The molecule has 2 fully saturated rings. The van der Waals surface area contributed by atoms with Crippen LogP contribution < -0.4 is 0 Å². The van der Waals surface area contributed by atoms with Crippen LogP contribution in [0, 0.1) is 5.92 Å². The summed E-state index contributed by atoms with van der Waals surface area (Å²) in [7, 11) is 1.78. The van der Waals surface area contributed by atoms with Crippen molar-refractivity contribution in [3.05, 3.63) is 11.9 Å². The normalized spacial score (nSPS) is 24.9. The first-order chi connectivity index (χ1) is 8.77. The van der Waals surface area contributed by atoms with Gasteiger partial charge < -0.3 is 4.90 Å². The Labute approximate surface area is 107 Å². The summed E-state index contributed by atoms with van der Waals surface area (Å²) in [6, 6.07) is 0.454. The van der Waals surface area contributed by atoms with Gasteiger partial charge in [0.15, 0.2) is 0 Å².